The maximum atomic E-state index is 2.33. The molecule has 10 heavy (non-hydrogen) atoms. The molecule has 0 saturated heterocycles. The van der Waals surface area contributed by atoms with E-state index in [2.05, 4.69) is 40.5 Å². The summed E-state index contributed by atoms with van der Waals surface area (Å²) in [6.45, 7) is 13.9. The predicted molar refractivity (Wildman–Crippen MR) is 58.9 cm³/mol. The van der Waals surface area contributed by atoms with E-state index in [-0.39, 0.29) is 15.1 Å². The SMILES string of the molecule is CC(C(C)=[P+](C)C)=[P+](C)C. The minimum atomic E-state index is 0.162. The molecule has 0 aliphatic rings. The van der Waals surface area contributed by atoms with Gasteiger partial charge in [-0.2, -0.15) is 0 Å². The van der Waals surface area contributed by atoms with Gasteiger partial charge in [0.2, 0.25) is 0 Å². The molecule has 0 rings (SSSR count). The second-order valence-corrected chi connectivity index (χ2v) is 7.88. The molecule has 0 heterocycles. The molecule has 0 aromatic heterocycles. The predicted octanol–water partition coefficient (Wildman–Crippen LogP) is 2.85. The Labute approximate surface area is 66.8 Å². The van der Waals surface area contributed by atoms with Gasteiger partial charge in [-0.15, -0.1) is 0 Å². The Balaban J connectivity index is 4.71. The molecule has 0 aromatic rings. The molecule has 0 amide bonds. The van der Waals surface area contributed by atoms with Crippen molar-refractivity contribution in [3.63, 3.8) is 0 Å². The highest BCUT2D eigenvalue weighted by molar-refractivity contribution is 7.67. The summed E-state index contributed by atoms with van der Waals surface area (Å²) in [5.74, 6) is 0. The first-order valence-corrected chi connectivity index (χ1v) is 7.96. The second kappa shape index (κ2) is 4.27. The van der Waals surface area contributed by atoms with Crippen LogP contribution in [-0.2, 0) is 0 Å². The zero-order chi connectivity index (χ0) is 8.31. The van der Waals surface area contributed by atoms with Gasteiger partial charge in [-0.25, -0.2) is 0 Å². The largest absolute Gasteiger partial charge is 0.161 e. The maximum Gasteiger partial charge on any atom is 0.161 e. The van der Waals surface area contributed by atoms with Crippen LogP contribution in [0, 0.1) is 0 Å². The van der Waals surface area contributed by atoms with Crippen LogP contribution in [0.5, 0.6) is 0 Å². The average Bonchev–Trinajstić information content (AvgIpc) is 1.84. The summed E-state index contributed by atoms with van der Waals surface area (Å²) in [5, 5.41) is 3.29. The summed E-state index contributed by atoms with van der Waals surface area (Å²) < 4.78 is 0. The van der Waals surface area contributed by atoms with Gasteiger partial charge in [0.1, 0.15) is 0 Å². The van der Waals surface area contributed by atoms with E-state index in [4.69, 9.17) is 0 Å². The van der Waals surface area contributed by atoms with E-state index >= 15 is 0 Å². The number of rotatable bonds is 1. The quantitative estimate of drug-likeness (QED) is 0.539. The third-order valence-electron chi connectivity index (χ3n) is 1.87. The fraction of sp³-hybridized carbons (Fsp3) is 0.750. The van der Waals surface area contributed by atoms with Crippen LogP contribution in [0.25, 0.3) is 0 Å². The van der Waals surface area contributed by atoms with Crippen LogP contribution >= 0.6 is 15.1 Å². The second-order valence-electron chi connectivity index (χ2n) is 2.96. The molecule has 0 aliphatic carbocycles. The fourth-order valence-electron chi connectivity index (χ4n) is 0.647. The lowest BCUT2D eigenvalue weighted by molar-refractivity contribution is 1.96. The Morgan fingerprint density at radius 2 is 0.900 bits per heavy atom. The number of hydrogen-bond donors (Lipinski definition) is 0. The van der Waals surface area contributed by atoms with Gasteiger partial charge >= 0.3 is 0 Å². The topological polar surface area (TPSA) is 0 Å². The van der Waals surface area contributed by atoms with Crippen LogP contribution in [0.15, 0.2) is 0 Å². The molecule has 0 aliphatic heterocycles. The molecule has 0 atom stereocenters. The molecular formula is C8H18P2+2. The maximum absolute atomic E-state index is 2.33. The molecule has 0 fully saturated rings. The van der Waals surface area contributed by atoms with Crippen LogP contribution in [0.1, 0.15) is 13.8 Å². The molecule has 0 bridgehead atoms. The van der Waals surface area contributed by atoms with Gasteiger partial charge in [0.05, 0.1) is 41.7 Å². The van der Waals surface area contributed by atoms with Crippen molar-refractivity contribution in [3.05, 3.63) is 0 Å². The first-order valence-electron chi connectivity index (χ1n) is 3.49. The van der Waals surface area contributed by atoms with Crippen molar-refractivity contribution in [2.45, 2.75) is 13.8 Å². The van der Waals surface area contributed by atoms with Crippen LogP contribution in [0.2, 0.25) is 0 Å². The van der Waals surface area contributed by atoms with E-state index in [0.29, 0.717) is 0 Å². The highest BCUT2D eigenvalue weighted by atomic mass is 31.1. The Hall–Kier alpha value is 0.340. The Morgan fingerprint density at radius 1 is 0.700 bits per heavy atom. The lowest BCUT2D eigenvalue weighted by atomic mass is 10.4. The Bertz CT molecular complexity index is 157. The fourth-order valence-corrected chi connectivity index (χ4v) is 3.14. The minimum absolute atomic E-state index is 0.162. The standard InChI is InChI=1S/C8H18P2/c1-7(9(3)4)8(2)10(5)6/h1-6H3/q+2. The lowest BCUT2D eigenvalue weighted by Gasteiger charge is -1.88. The molecule has 0 spiro atoms. The van der Waals surface area contributed by atoms with Gasteiger partial charge < -0.3 is 0 Å². The van der Waals surface area contributed by atoms with Gasteiger partial charge in [0, 0.05) is 13.8 Å². The minimum Gasteiger partial charge on any atom is 0.00428 e. The summed E-state index contributed by atoms with van der Waals surface area (Å²) in [4.78, 5) is 0. The first-order chi connectivity index (χ1) is 4.46. The molecule has 58 valence electrons. The summed E-state index contributed by atoms with van der Waals surface area (Å²) in [5.41, 5.74) is 0. The third kappa shape index (κ3) is 2.95. The van der Waals surface area contributed by atoms with Crippen molar-refractivity contribution in [1.29, 1.82) is 0 Å². The molecule has 0 nitrogen and oxygen atoms in total. The van der Waals surface area contributed by atoms with Crippen molar-refractivity contribution < 1.29 is 0 Å². The van der Waals surface area contributed by atoms with E-state index in [9.17, 15) is 0 Å². The highest BCUT2D eigenvalue weighted by Crippen LogP contribution is 2.20. The Morgan fingerprint density at radius 3 is 1.00 bits per heavy atom. The molecule has 0 saturated carbocycles. The molecule has 0 N–H and O–H groups in total. The van der Waals surface area contributed by atoms with Gasteiger partial charge in [-0.1, -0.05) is 0 Å². The van der Waals surface area contributed by atoms with Gasteiger partial charge in [0.15, 0.2) is 10.6 Å². The molecule has 0 aromatic carbocycles. The van der Waals surface area contributed by atoms with Gasteiger partial charge in [0.25, 0.3) is 0 Å². The number of hydrogen-bond acceptors (Lipinski definition) is 0. The molecule has 0 unspecified atom stereocenters. The smallest absolute Gasteiger partial charge is 0.00428 e. The summed E-state index contributed by atoms with van der Waals surface area (Å²) in [6.07, 6.45) is 0. The average molecular weight is 176 g/mol. The van der Waals surface area contributed by atoms with Crippen molar-refractivity contribution >= 4 is 25.7 Å². The Kier molecular flexibility index (Phi) is 4.41. The normalized spacial score (nSPS) is 9.00. The lowest BCUT2D eigenvalue weighted by Crippen LogP contribution is -2.02. The summed E-state index contributed by atoms with van der Waals surface area (Å²) in [6, 6.07) is 0. The van der Waals surface area contributed by atoms with Crippen molar-refractivity contribution in [2.75, 3.05) is 26.7 Å². The van der Waals surface area contributed by atoms with Crippen LogP contribution in [0.4, 0.5) is 0 Å². The highest BCUT2D eigenvalue weighted by Gasteiger charge is 2.12. The van der Waals surface area contributed by atoms with E-state index in [1.54, 1.807) is 10.6 Å². The van der Waals surface area contributed by atoms with Crippen molar-refractivity contribution in [3.8, 4) is 0 Å². The molecular weight excluding hydrogens is 158 g/mol. The zero-order valence-electron chi connectivity index (χ0n) is 7.89. The van der Waals surface area contributed by atoms with E-state index < -0.39 is 0 Å². The van der Waals surface area contributed by atoms with Crippen LogP contribution in [0.3, 0.4) is 0 Å². The van der Waals surface area contributed by atoms with Crippen LogP contribution < -0.4 is 0 Å². The van der Waals surface area contributed by atoms with Crippen molar-refractivity contribution in [2.24, 2.45) is 0 Å². The summed E-state index contributed by atoms with van der Waals surface area (Å²) in [7, 11) is 0.325. The van der Waals surface area contributed by atoms with E-state index in [1.807, 2.05) is 0 Å². The summed E-state index contributed by atoms with van der Waals surface area (Å²) >= 11 is 0. The van der Waals surface area contributed by atoms with Crippen LogP contribution in [-0.4, -0.2) is 37.2 Å². The molecule has 2 heteroatoms. The first kappa shape index (κ1) is 10.3. The monoisotopic (exact) mass is 176 g/mol. The zero-order valence-corrected chi connectivity index (χ0v) is 9.68. The van der Waals surface area contributed by atoms with Crippen molar-refractivity contribution in [1.82, 2.24) is 0 Å². The third-order valence-corrected chi connectivity index (χ3v) is 5.40. The molecule has 0 radical (unpaired) electrons. The van der Waals surface area contributed by atoms with E-state index in [0.717, 1.165) is 0 Å². The van der Waals surface area contributed by atoms with Gasteiger partial charge in [-0.05, 0) is 0 Å². The van der Waals surface area contributed by atoms with Gasteiger partial charge in [-0.3, -0.25) is 0 Å². The van der Waals surface area contributed by atoms with E-state index in [1.165, 1.54) is 0 Å².